The molecular weight excluding hydrogens is 234 g/mol. The minimum atomic E-state index is -0.824. The maximum absolute atomic E-state index is 13.5. The van der Waals surface area contributed by atoms with Crippen LogP contribution in [0.2, 0.25) is 0 Å². The highest BCUT2D eigenvalue weighted by atomic mass is 19.2. The fraction of sp³-hybridized carbons (Fsp3) is 0.571. The van der Waals surface area contributed by atoms with Crippen LogP contribution in [-0.4, -0.2) is 24.5 Å². The highest BCUT2D eigenvalue weighted by Gasteiger charge is 2.22. The average Bonchev–Trinajstić information content (AvgIpc) is 2.27. The van der Waals surface area contributed by atoms with Crippen LogP contribution in [0.1, 0.15) is 37.3 Å². The van der Waals surface area contributed by atoms with E-state index in [-0.39, 0.29) is 5.56 Å². The summed E-state index contributed by atoms with van der Waals surface area (Å²) in [5, 5.41) is 0. The Morgan fingerprint density at radius 3 is 2.72 bits per heavy atom. The number of hydrogen-bond donors (Lipinski definition) is 1. The molecule has 4 heteroatoms. The van der Waals surface area contributed by atoms with Crippen LogP contribution in [0.4, 0.5) is 8.78 Å². The molecule has 0 heterocycles. The van der Waals surface area contributed by atoms with E-state index in [0.29, 0.717) is 12.5 Å². The summed E-state index contributed by atoms with van der Waals surface area (Å²) < 4.78 is 26.6. The molecule has 1 saturated carbocycles. The Kier molecular flexibility index (Phi) is 4.30. The average molecular weight is 254 g/mol. The molecule has 18 heavy (non-hydrogen) atoms. The van der Waals surface area contributed by atoms with E-state index >= 15 is 0 Å². The maximum Gasteiger partial charge on any atom is 0.163 e. The number of nitrogens with two attached hydrogens (primary N) is 1. The molecule has 2 rings (SSSR count). The van der Waals surface area contributed by atoms with Gasteiger partial charge in [0.25, 0.3) is 0 Å². The predicted molar refractivity (Wildman–Crippen MR) is 68.2 cm³/mol. The zero-order valence-corrected chi connectivity index (χ0v) is 10.7. The summed E-state index contributed by atoms with van der Waals surface area (Å²) in [7, 11) is 2.07. The molecule has 1 aromatic carbocycles. The van der Waals surface area contributed by atoms with Crippen LogP contribution in [0.3, 0.4) is 0 Å². The molecule has 1 aliphatic rings. The Morgan fingerprint density at radius 2 is 2.11 bits per heavy atom. The van der Waals surface area contributed by atoms with Gasteiger partial charge in [-0.15, -0.1) is 0 Å². The van der Waals surface area contributed by atoms with Gasteiger partial charge in [0.1, 0.15) is 0 Å². The second-order valence-electron chi connectivity index (χ2n) is 5.10. The highest BCUT2D eigenvalue weighted by Crippen LogP contribution is 2.25. The minimum absolute atomic E-state index is 0.275. The molecule has 0 spiro atoms. The smallest absolute Gasteiger partial charge is 0.163 e. The summed E-state index contributed by atoms with van der Waals surface area (Å²) in [5.74, 6) is -1.63. The van der Waals surface area contributed by atoms with Gasteiger partial charge in [0.15, 0.2) is 11.6 Å². The summed E-state index contributed by atoms with van der Waals surface area (Å²) >= 11 is 0. The number of nitrogens with zero attached hydrogens (tertiary/aromatic N) is 1. The van der Waals surface area contributed by atoms with Gasteiger partial charge in [0, 0.05) is 17.6 Å². The van der Waals surface area contributed by atoms with Gasteiger partial charge in [0.2, 0.25) is 0 Å². The van der Waals surface area contributed by atoms with E-state index in [0.717, 1.165) is 12.6 Å². The Morgan fingerprint density at radius 1 is 1.39 bits per heavy atom. The lowest BCUT2D eigenvalue weighted by Crippen LogP contribution is -2.38. The summed E-state index contributed by atoms with van der Waals surface area (Å²) in [5.41, 5.74) is 6.21. The van der Waals surface area contributed by atoms with Crippen molar-refractivity contribution in [1.82, 2.24) is 4.90 Å². The first kappa shape index (κ1) is 13.4. The second kappa shape index (κ2) is 5.76. The minimum Gasteiger partial charge on any atom is -0.324 e. The summed E-state index contributed by atoms with van der Waals surface area (Å²) in [6.45, 7) is 0.821. The van der Waals surface area contributed by atoms with Crippen LogP contribution in [0.5, 0.6) is 0 Å². The Bertz CT molecular complexity index is 405. The SMILES string of the molecule is CN(CCC(N)c1cccc(F)c1F)C1CCC1. The number of hydrogen-bond acceptors (Lipinski definition) is 2. The third-order valence-corrected chi connectivity index (χ3v) is 3.87. The van der Waals surface area contributed by atoms with E-state index in [1.54, 1.807) is 6.07 Å². The van der Waals surface area contributed by atoms with Crippen LogP contribution in [0, 0.1) is 11.6 Å². The molecular formula is C14H20F2N2. The zero-order valence-electron chi connectivity index (χ0n) is 10.7. The van der Waals surface area contributed by atoms with Gasteiger partial charge < -0.3 is 10.6 Å². The molecule has 2 nitrogen and oxygen atoms in total. The highest BCUT2D eigenvalue weighted by molar-refractivity contribution is 5.22. The molecule has 100 valence electrons. The predicted octanol–water partition coefficient (Wildman–Crippen LogP) is 2.84. The van der Waals surface area contributed by atoms with Gasteiger partial charge in [-0.1, -0.05) is 18.6 Å². The largest absolute Gasteiger partial charge is 0.324 e. The zero-order chi connectivity index (χ0) is 13.1. The molecule has 0 bridgehead atoms. The van der Waals surface area contributed by atoms with Crippen molar-refractivity contribution in [3.63, 3.8) is 0 Å². The lowest BCUT2D eigenvalue weighted by molar-refractivity contribution is 0.155. The van der Waals surface area contributed by atoms with Gasteiger partial charge in [0.05, 0.1) is 0 Å². The lowest BCUT2D eigenvalue weighted by atomic mass is 9.91. The molecule has 0 radical (unpaired) electrons. The van der Waals surface area contributed by atoms with E-state index < -0.39 is 17.7 Å². The Labute approximate surface area is 107 Å². The number of halogens is 2. The van der Waals surface area contributed by atoms with Crippen molar-refractivity contribution in [2.45, 2.75) is 37.8 Å². The van der Waals surface area contributed by atoms with Crippen molar-refractivity contribution in [1.29, 1.82) is 0 Å². The van der Waals surface area contributed by atoms with Crippen molar-refractivity contribution in [3.8, 4) is 0 Å². The Hall–Kier alpha value is -1.00. The molecule has 1 fully saturated rings. The quantitative estimate of drug-likeness (QED) is 0.875. The summed E-state index contributed by atoms with van der Waals surface area (Å²) in [4.78, 5) is 2.26. The molecule has 2 N–H and O–H groups in total. The first-order chi connectivity index (χ1) is 8.59. The standard InChI is InChI=1S/C14H20F2N2/c1-18(10-4-2-5-10)9-8-13(17)11-6-3-7-12(15)14(11)16/h3,6-7,10,13H,2,4-5,8-9,17H2,1H3. The second-order valence-corrected chi connectivity index (χ2v) is 5.10. The number of rotatable bonds is 5. The van der Waals surface area contributed by atoms with E-state index in [1.807, 2.05) is 0 Å². The normalized spacial score (nSPS) is 17.8. The first-order valence-corrected chi connectivity index (χ1v) is 6.49. The van der Waals surface area contributed by atoms with E-state index in [2.05, 4.69) is 11.9 Å². The summed E-state index contributed by atoms with van der Waals surface area (Å²) in [6, 6.07) is 4.39. The molecule has 1 atom stereocenters. The van der Waals surface area contributed by atoms with Crippen molar-refractivity contribution in [3.05, 3.63) is 35.4 Å². The van der Waals surface area contributed by atoms with Gasteiger partial charge in [-0.2, -0.15) is 0 Å². The van der Waals surface area contributed by atoms with E-state index in [9.17, 15) is 8.78 Å². The van der Waals surface area contributed by atoms with Crippen molar-refractivity contribution in [2.75, 3.05) is 13.6 Å². The fourth-order valence-electron chi connectivity index (χ4n) is 2.32. The van der Waals surface area contributed by atoms with Crippen molar-refractivity contribution < 1.29 is 8.78 Å². The van der Waals surface area contributed by atoms with E-state index in [4.69, 9.17) is 5.73 Å². The third kappa shape index (κ3) is 2.87. The third-order valence-electron chi connectivity index (χ3n) is 3.87. The lowest BCUT2D eigenvalue weighted by Gasteiger charge is -2.35. The van der Waals surface area contributed by atoms with Crippen LogP contribution in [0.25, 0.3) is 0 Å². The molecule has 1 aromatic rings. The number of benzene rings is 1. The van der Waals surface area contributed by atoms with Crippen molar-refractivity contribution >= 4 is 0 Å². The van der Waals surface area contributed by atoms with Crippen LogP contribution in [-0.2, 0) is 0 Å². The topological polar surface area (TPSA) is 29.3 Å². The van der Waals surface area contributed by atoms with Crippen LogP contribution in [0.15, 0.2) is 18.2 Å². The fourth-order valence-corrected chi connectivity index (χ4v) is 2.32. The van der Waals surface area contributed by atoms with Gasteiger partial charge in [-0.25, -0.2) is 8.78 Å². The Balaban J connectivity index is 1.90. The molecule has 1 unspecified atom stereocenters. The van der Waals surface area contributed by atoms with Gasteiger partial charge in [-0.3, -0.25) is 0 Å². The molecule has 0 amide bonds. The molecule has 0 saturated heterocycles. The van der Waals surface area contributed by atoms with Gasteiger partial charge >= 0.3 is 0 Å². The molecule has 0 aromatic heterocycles. The van der Waals surface area contributed by atoms with Crippen LogP contribution < -0.4 is 5.73 Å². The van der Waals surface area contributed by atoms with Gasteiger partial charge in [-0.05, 0) is 38.9 Å². The van der Waals surface area contributed by atoms with E-state index in [1.165, 1.54) is 25.3 Å². The molecule has 1 aliphatic carbocycles. The molecule has 0 aliphatic heterocycles. The maximum atomic E-state index is 13.5. The first-order valence-electron chi connectivity index (χ1n) is 6.49. The van der Waals surface area contributed by atoms with Crippen LogP contribution >= 0.6 is 0 Å². The summed E-state index contributed by atoms with van der Waals surface area (Å²) in [6.07, 6.45) is 4.41. The van der Waals surface area contributed by atoms with Crippen molar-refractivity contribution in [2.24, 2.45) is 5.73 Å². The monoisotopic (exact) mass is 254 g/mol.